The number of hydrogen-bond donors (Lipinski definition) is 2. The lowest BCUT2D eigenvalue weighted by Gasteiger charge is -2.15. The van der Waals surface area contributed by atoms with E-state index in [4.69, 9.17) is 16.5 Å². The summed E-state index contributed by atoms with van der Waals surface area (Å²) < 4.78 is 2.23. The Morgan fingerprint density at radius 1 is 0.725 bits per heavy atom. The Morgan fingerprint density at radius 2 is 1.48 bits per heavy atom. The number of nitrogens with zero attached hydrogens (tertiary/aromatic N) is 3. The number of nitrogen functional groups attached to an aromatic ring is 1. The van der Waals surface area contributed by atoms with Gasteiger partial charge in [0.05, 0.1) is 22.4 Å². The van der Waals surface area contributed by atoms with Crippen molar-refractivity contribution in [3.8, 4) is 11.1 Å². The second-order valence-corrected chi connectivity index (χ2v) is 9.73. The third kappa shape index (κ3) is 3.75. The van der Waals surface area contributed by atoms with Gasteiger partial charge in [-0.1, -0.05) is 97.1 Å². The van der Waals surface area contributed by atoms with Gasteiger partial charge in [-0.05, 0) is 40.8 Å². The molecular weight excluding hydrogens is 490 g/mol. The Kier molecular flexibility index (Phi) is 5.84. The average Bonchev–Trinajstić information content (AvgIpc) is 3.42. The number of fused-ring (bicyclic) bond motifs is 8. The quantitative estimate of drug-likeness (QED) is 0.142. The molecule has 3 aromatic heterocycles. The number of pyridine rings is 2. The van der Waals surface area contributed by atoms with Gasteiger partial charge in [0, 0.05) is 34.7 Å². The second kappa shape index (κ2) is 9.80. The van der Waals surface area contributed by atoms with Crippen LogP contribution in [-0.2, 0) is 0 Å². The van der Waals surface area contributed by atoms with Crippen molar-refractivity contribution < 1.29 is 0 Å². The summed E-state index contributed by atoms with van der Waals surface area (Å²) >= 11 is 0. The Morgan fingerprint density at radius 3 is 2.30 bits per heavy atom. The van der Waals surface area contributed by atoms with Crippen molar-refractivity contribution in [2.75, 3.05) is 12.3 Å². The third-order valence-corrected chi connectivity index (χ3v) is 7.45. The predicted octanol–water partition coefficient (Wildman–Crippen LogP) is 7.38. The summed E-state index contributed by atoms with van der Waals surface area (Å²) in [6.07, 6.45) is 7.78. The minimum absolute atomic E-state index is 0.467. The zero-order chi connectivity index (χ0) is 27.1. The van der Waals surface area contributed by atoms with Crippen molar-refractivity contribution >= 4 is 49.6 Å². The lowest BCUT2D eigenvalue weighted by molar-refractivity contribution is 1.25. The number of nitrogens with two attached hydrogens (primary N) is 2. The van der Waals surface area contributed by atoms with Gasteiger partial charge in [-0.25, -0.2) is 4.98 Å². The number of hydrogen-bond acceptors (Lipinski definition) is 4. The molecule has 0 radical (unpaired) electrons. The summed E-state index contributed by atoms with van der Waals surface area (Å²) in [5.74, 6) is 0. The number of para-hydroxylation sites is 1. The molecule has 0 fully saturated rings. The molecular formula is C35H27N5. The maximum atomic E-state index is 6.99. The number of aromatic nitrogens is 3. The Balaban J connectivity index is 1.51. The monoisotopic (exact) mass is 517 g/mol. The smallest absolute Gasteiger partial charge is 0.146 e. The highest BCUT2D eigenvalue weighted by molar-refractivity contribution is 6.15. The number of allylic oxidation sites excluding steroid dienone is 2. The molecule has 4 aromatic carbocycles. The van der Waals surface area contributed by atoms with Gasteiger partial charge in [0.1, 0.15) is 11.2 Å². The van der Waals surface area contributed by atoms with Crippen molar-refractivity contribution in [3.63, 3.8) is 0 Å². The lowest BCUT2D eigenvalue weighted by Crippen LogP contribution is -1.98. The van der Waals surface area contributed by atoms with E-state index in [0.29, 0.717) is 12.2 Å². The predicted molar refractivity (Wildman–Crippen MR) is 167 cm³/mol. The molecule has 0 aliphatic carbocycles. The van der Waals surface area contributed by atoms with E-state index < -0.39 is 0 Å². The molecule has 7 aromatic rings. The van der Waals surface area contributed by atoms with Crippen LogP contribution in [0, 0.1) is 0 Å². The Labute approximate surface area is 231 Å². The molecule has 0 unspecified atom stereocenters. The highest BCUT2D eigenvalue weighted by atomic mass is 15.0. The standard InChI is InChI=1S/C35H27N5/c36-21-9-7-14-26(30-17-8-10-22-38-30)23-11-1-2-12-24(23)28-19-20-32-34(33(28)37)39-35-29-16-4-3-13-25(29)27-15-5-6-18-31(27)40(32)35/h1-20,22H,21,36-37H2/b9-7-,26-14?. The molecule has 0 bridgehead atoms. The van der Waals surface area contributed by atoms with Crippen LogP contribution in [0.15, 0.2) is 128 Å². The first-order valence-electron chi connectivity index (χ1n) is 13.3. The van der Waals surface area contributed by atoms with Crippen molar-refractivity contribution in [2.24, 2.45) is 5.73 Å². The topological polar surface area (TPSA) is 82.2 Å². The number of imidazole rings is 1. The summed E-state index contributed by atoms with van der Waals surface area (Å²) in [5, 5.41) is 3.47. The molecule has 40 heavy (non-hydrogen) atoms. The van der Waals surface area contributed by atoms with E-state index in [1.807, 2.05) is 48.7 Å². The molecule has 0 aliphatic rings. The van der Waals surface area contributed by atoms with Crippen molar-refractivity contribution in [1.82, 2.24) is 14.4 Å². The summed E-state index contributed by atoms with van der Waals surface area (Å²) in [5.41, 5.74) is 22.0. The fraction of sp³-hybridized carbons (Fsp3) is 0.0286. The van der Waals surface area contributed by atoms with E-state index in [-0.39, 0.29) is 0 Å². The van der Waals surface area contributed by atoms with E-state index in [9.17, 15) is 0 Å². The molecule has 0 amide bonds. The van der Waals surface area contributed by atoms with Gasteiger partial charge in [-0.2, -0.15) is 0 Å². The lowest BCUT2D eigenvalue weighted by atomic mass is 9.91. The number of benzene rings is 4. The van der Waals surface area contributed by atoms with Crippen LogP contribution in [0.5, 0.6) is 0 Å². The second-order valence-electron chi connectivity index (χ2n) is 9.73. The largest absolute Gasteiger partial charge is 0.396 e. The SMILES string of the molecule is NC/C=C\C=C(c1ccccn1)c1ccccc1-c1ccc2c(nc3c4ccccc4c4ccccc4n23)c1N. The normalized spacial score (nSPS) is 12.4. The van der Waals surface area contributed by atoms with Gasteiger partial charge in [-0.3, -0.25) is 9.38 Å². The molecule has 7 rings (SSSR count). The summed E-state index contributed by atoms with van der Waals surface area (Å²) in [4.78, 5) is 9.81. The number of anilines is 1. The van der Waals surface area contributed by atoms with Crippen LogP contribution in [0.25, 0.3) is 55.1 Å². The van der Waals surface area contributed by atoms with Crippen LogP contribution in [0.3, 0.4) is 0 Å². The highest BCUT2D eigenvalue weighted by Gasteiger charge is 2.19. The molecule has 3 heterocycles. The fourth-order valence-corrected chi connectivity index (χ4v) is 5.66. The van der Waals surface area contributed by atoms with Crippen molar-refractivity contribution in [2.45, 2.75) is 0 Å². The minimum Gasteiger partial charge on any atom is -0.396 e. The molecule has 4 N–H and O–H groups in total. The molecule has 192 valence electrons. The highest BCUT2D eigenvalue weighted by Crippen LogP contribution is 2.40. The van der Waals surface area contributed by atoms with E-state index in [1.165, 1.54) is 10.8 Å². The molecule has 0 saturated carbocycles. The van der Waals surface area contributed by atoms with E-state index >= 15 is 0 Å². The van der Waals surface area contributed by atoms with Crippen LogP contribution in [0.2, 0.25) is 0 Å². The van der Waals surface area contributed by atoms with Gasteiger partial charge in [0.2, 0.25) is 0 Å². The minimum atomic E-state index is 0.467. The third-order valence-electron chi connectivity index (χ3n) is 7.45. The first kappa shape index (κ1) is 23.8. The van der Waals surface area contributed by atoms with Gasteiger partial charge < -0.3 is 11.5 Å². The molecule has 0 saturated heterocycles. The first-order valence-corrected chi connectivity index (χ1v) is 13.3. The van der Waals surface area contributed by atoms with Crippen LogP contribution in [0.1, 0.15) is 11.3 Å². The van der Waals surface area contributed by atoms with E-state index in [2.05, 4.69) is 88.3 Å². The maximum absolute atomic E-state index is 6.99. The maximum Gasteiger partial charge on any atom is 0.146 e. The molecule has 0 aliphatic heterocycles. The first-order chi connectivity index (χ1) is 19.8. The van der Waals surface area contributed by atoms with Gasteiger partial charge >= 0.3 is 0 Å². The van der Waals surface area contributed by atoms with Gasteiger partial charge in [0.15, 0.2) is 0 Å². The fourth-order valence-electron chi connectivity index (χ4n) is 5.66. The van der Waals surface area contributed by atoms with Gasteiger partial charge in [-0.15, -0.1) is 0 Å². The summed E-state index contributed by atoms with van der Waals surface area (Å²) in [6.45, 7) is 0.467. The average molecular weight is 518 g/mol. The molecule has 5 nitrogen and oxygen atoms in total. The van der Waals surface area contributed by atoms with Crippen molar-refractivity contribution in [3.05, 3.63) is 139 Å². The summed E-state index contributed by atoms with van der Waals surface area (Å²) in [7, 11) is 0. The van der Waals surface area contributed by atoms with E-state index in [0.717, 1.165) is 55.5 Å². The zero-order valence-corrected chi connectivity index (χ0v) is 21.8. The van der Waals surface area contributed by atoms with Crippen LogP contribution in [-0.4, -0.2) is 20.9 Å². The number of rotatable bonds is 5. The Bertz CT molecular complexity index is 2100. The van der Waals surface area contributed by atoms with Crippen LogP contribution >= 0.6 is 0 Å². The van der Waals surface area contributed by atoms with Gasteiger partial charge in [0.25, 0.3) is 0 Å². The van der Waals surface area contributed by atoms with Crippen LogP contribution in [0.4, 0.5) is 5.69 Å². The molecule has 0 atom stereocenters. The van der Waals surface area contributed by atoms with Crippen LogP contribution < -0.4 is 11.5 Å². The van der Waals surface area contributed by atoms with E-state index in [1.54, 1.807) is 0 Å². The summed E-state index contributed by atoms with van der Waals surface area (Å²) in [6, 6.07) is 35.4. The Hall–Kier alpha value is -5.26. The van der Waals surface area contributed by atoms with Crippen molar-refractivity contribution in [1.29, 1.82) is 0 Å². The molecule has 5 heteroatoms. The zero-order valence-electron chi connectivity index (χ0n) is 21.8. The molecule has 0 spiro atoms.